The Kier molecular flexibility index (Phi) is 4.68. The Hall–Kier alpha value is -1.99. The molecule has 7 heteroatoms. The Morgan fingerprint density at radius 2 is 2.33 bits per heavy atom. The Morgan fingerprint density at radius 3 is 3.11 bits per heavy atom. The first kappa shape index (κ1) is 18.4. The fraction of sp³-hybridized carbons (Fsp3) is 0.450. The van der Waals surface area contributed by atoms with Crippen LogP contribution < -0.4 is 5.73 Å². The molecule has 2 aliphatic heterocycles. The maximum atomic E-state index is 12.0. The van der Waals surface area contributed by atoms with Crippen molar-refractivity contribution < 1.29 is 14.3 Å². The van der Waals surface area contributed by atoms with E-state index in [0.717, 1.165) is 35.7 Å². The van der Waals surface area contributed by atoms with Gasteiger partial charge >= 0.3 is 5.97 Å². The van der Waals surface area contributed by atoms with Gasteiger partial charge in [-0.05, 0) is 60.2 Å². The number of hydrogen-bond acceptors (Lipinski definition) is 6. The topological polar surface area (TPSA) is 90.1 Å². The van der Waals surface area contributed by atoms with Crippen LogP contribution in [-0.4, -0.2) is 35.0 Å². The highest BCUT2D eigenvalue weighted by Crippen LogP contribution is 2.49. The molecule has 0 unspecified atom stereocenters. The van der Waals surface area contributed by atoms with Crippen molar-refractivity contribution in [3.8, 4) is 0 Å². The molecule has 142 valence electrons. The number of hydrogen-bond donors (Lipinski definition) is 1. The summed E-state index contributed by atoms with van der Waals surface area (Å²) in [4.78, 5) is 20.7. The Morgan fingerprint density at radius 1 is 1.52 bits per heavy atom. The molecule has 3 aliphatic rings. The Bertz CT molecular complexity index is 866. The number of aliphatic imine (C=N–C) groups is 1. The van der Waals surface area contributed by atoms with Crippen molar-refractivity contribution in [3.63, 3.8) is 0 Å². The minimum atomic E-state index is -0.298. The molecule has 27 heavy (non-hydrogen) atoms. The number of anilines is 1. The second-order valence-corrected chi connectivity index (χ2v) is 8.45. The number of nitrogens with two attached hydrogens (primary N) is 1. The van der Waals surface area contributed by atoms with Crippen LogP contribution in [0.4, 0.5) is 11.5 Å². The third-order valence-corrected chi connectivity index (χ3v) is 6.03. The molecule has 2 N–H and O–H groups in total. The summed E-state index contributed by atoms with van der Waals surface area (Å²) in [6.45, 7) is 6.03. The molecule has 3 heterocycles. The largest absolute Gasteiger partial charge is 0.455 e. The predicted octanol–water partition coefficient (Wildman–Crippen LogP) is 3.88. The molecule has 0 spiro atoms. The van der Waals surface area contributed by atoms with E-state index >= 15 is 0 Å². The van der Waals surface area contributed by atoms with Gasteiger partial charge in [0.15, 0.2) is 5.82 Å². The molecule has 2 saturated heterocycles. The number of esters is 1. The standard InChI is InChI=1S/C20H22BrN3O3/c1-11-14-6-5-12(9-23-18-15(22)8-13(21)10-24-18)4-3-7-20(2)17(27-20)16(14)26-19(11)25/h4,8-10,14,16-17H,1,3,5-7,22H2,2H3/b12-4+,23-9+/t14-,16-,17-,20+/m0/s1. The maximum absolute atomic E-state index is 12.0. The van der Waals surface area contributed by atoms with Crippen molar-refractivity contribution in [2.75, 3.05) is 5.73 Å². The zero-order valence-corrected chi connectivity index (χ0v) is 16.7. The third-order valence-electron chi connectivity index (χ3n) is 5.59. The van der Waals surface area contributed by atoms with Gasteiger partial charge in [-0.15, -0.1) is 0 Å². The van der Waals surface area contributed by atoms with Gasteiger partial charge in [-0.25, -0.2) is 14.8 Å². The van der Waals surface area contributed by atoms with Crippen LogP contribution in [0.3, 0.4) is 0 Å². The number of nitrogen functional groups attached to an aromatic ring is 1. The van der Waals surface area contributed by atoms with E-state index in [1.165, 1.54) is 0 Å². The van der Waals surface area contributed by atoms with Gasteiger partial charge in [0.2, 0.25) is 0 Å². The molecule has 0 aromatic carbocycles. The molecular weight excluding hydrogens is 410 g/mol. The fourth-order valence-corrected chi connectivity index (χ4v) is 4.25. The van der Waals surface area contributed by atoms with Gasteiger partial charge in [0.1, 0.15) is 12.2 Å². The lowest BCUT2D eigenvalue weighted by molar-refractivity contribution is -0.140. The SMILES string of the molecule is C=C1C(=O)O[C@H]2[C@H]1CCC(/C=N/c1ncc(Br)cc1N)=C\CC[C@@]1(C)O[C@@H]21. The smallest absolute Gasteiger partial charge is 0.334 e. The van der Waals surface area contributed by atoms with Crippen molar-refractivity contribution in [2.45, 2.75) is 50.4 Å². The summed E-state index contributed by atoms with van der Waals surface area (Å²) in [6, 6.07) is 1.78. The second-order valence-electron chi connectivity index (χ2n) is 7.53. The number of carbonyl (C=O) groups is 1. The van der Waals surface area contributed by atoms with E-state index in [4.69, 9.17) is 15.2 Å². The average molecular weight is 432 g/mol. The van der Waals surface area contributed by atoms with Gasteiger partial charge < -0.3 is 15.2 Å². The summed E-state index contributed by atoms with van der Waals surface area (Å²) >= 11 is 3.34. The van der Waals surface area contributed by atoms with E-state index in [9.17, 15) is 4.79 Å². The lowest BCUT2D eigenvalue weighted by atomic mass is 9.84. The number of rotatable bonds is 2. The summed E-state index contributed by atoms with van der Waals surface area (Å²) < 4.78 is 12.3. The van der Waals surface area contributed by atoms with Crippen LogP contribution in [0.5, 0.6) is 0 Å². The Labute approximate surface area is 166 Å². The van der Waals surface area contributed by atoms with E-state index in [0.29, 0.717) is 17.1 Å². The number of allylic oxidation sites excluding steroid dienone is 2. The first-order valence-corrected chi connectivity index (χ1v) is 9.88. The van der Waals surface area contributed by atoms with E-state index < -0.39 is 0 Å². The minimum Gasteiger partial charge on any atom is -0.455 e. The molecule has 0 bridgehead atoms. The third kappa shape index (κ3) is 3.58. The number of ether oxygens (including phenoxy) is 2. The molecule has 4 atom stereocenters. The number of aromatic nitrogens is 1. The van der Waals surface area contributed by atoms with E-state index in [1.807, 2.05) is 6.21 Å². The van der Waals surface area contributed by atoms with Crippen LogP contribution in [0.2, 0.25) is 0 Å². The number of fused-ring (bicyclic) bond motifs is 3. The van der Waals surface area contributed by atoms with Crippen molar-refractivity contribution >= 4 is 39.6 Å². The first-order valence-electron chi connectivity index (χ1n) is 9.09. The molecule has 0 saturated carbocycles. The summed E-state index contributed by atoms with van der Waals surface area (Å²) in [5.41, 5.74) is 7.90. The maximum Gasteiger partial charge on any atom is 0.334 e. The lowest BCUT2D eigenvalue weighted by Gasteiger charge is -2.19. The summed E-state index contributed by atoms with van der Waals surface area (Å²) in [5.74, 6) is 0.179. The van der Waals surface area contributed by atoms with E-state index in [-0.39, 0.29) is 29.7 Å². The molecule has 4 rings (SSSR count). The summed E-state index contributed by atoms with van der Waals surface area (Å²) in [7, 11) is 0. The molecule has 0 amide bonds. The van der Waals surface area contributed by atoms with Crippen LogP contribution >= 0.6 is 15.9 Å². The van der Waals surface area contributed by atoms with Crippen LogP contribution in [0, 0.1) is 5.92 Å². The normalized spacial score (nSPS) is 35.2. The van der Waals surface area contributed by atoms with Crippen molar-refractivity contribution in [1.29, 1.82) is 0 Å². The predicted molar refractivity (Wildman–Crippen MR) is 107 cm³/mol. The van der Waals surface area contributed by atoms with Crippen LogP contribution in [0.15, 0.2) is 45.5 Å². The molecule has 2 fully saturated rings. The summed E-state index contributed by atoms with van der Waals surface area (Å²) in [5, 5.41) is 0. The quantitative estimate of drug-likeness (QED) is 0.332. The zero-order valence-electron chi connectivity index (χ0n) is 15.2. The minimum absolute atomic E-state index is 0.0184. The zero-order chi connectivity index (χ0) is 19.2. The van der Waals surface area contributed by atoms with Crippen molar-refractivity contribution in [2.24, 2.45) is 10.9 Å². The Balaban J connectivity index is 1.55. The highest BCUT2D eigenvalue weighted by molar-refractivity contribution is 9.10. The van der Waals surface area contributed by atoms with Crippen LogP contribution in [0.25, 0.3) is 0 Å². The average Bonchev–Trinajstić information content (AvgIpc) is 3.21. The lowest BCUT2D eigenvalue weighted by Crippen LogP contribution is -2.28. The van der Waals surface area contributed by atoms with Gasteiger partial charge in [-0.1, -0.05) is 12.7 Å². The molecule has 6 nitrogen and oxygen atoms in total. The number of epoxide rings is 1. The molecule has 1 aliphatic carbocycles. The highest BCUT2D eigenvalue weighted by Gasteiger charge is 2.61. The van der Waals surface area contributed by atoms with Gasteiger partial charge in [0, 0.05) is 28.4 Å². The molecule has 1 aromatic heterocycles. The monoisotopic (exact) mass is 431 g/mol. The molecular formula is C20H22BrN3O3. The number of nitrogens with zero attached hydrogens (tertiary/aromatic N) is 2. The number of pyridine rings is 1. The molecule has 0 radical (unpaired) electrons. The highest BCUT2D eigenvalue weighted by atomic mass is 79.9. The van der Waals surface area contributed by atoms with Gasteiger partial charge in [0.05, 0.1) is 11.3 Å². The van der Waals surface area contributed by atoms with Crippen LogP contribution in [0.1, 0.15) is 32.6 Å². The van der Waals surface area contributed by atoms with Crippen LogP contribution in [-0.2, 0) is 14.3 Å². The van der Waals surface area contributed by atoms with Crippen molar-refractivity contribution in [1.82, 2.24) is 4.98 Å². The number of halogens is 1. The summed E-state index contributed by atoms with van der Waals surface area (Å²) in [6.07, 6.45) is 8.72. The van der Waals surface area contributed by atoms with Gasteiger partial charge in [0.25, 0.3) is 0 Å². The molecule has 1 aromatic rings. The van der Waals surface area contributed by atoms with E-state index in [2.05, 4.69) is 45.5 Å². The van der Waals surface area contributed by atoms with Gasteiger partial charge in [-0.2, -0.15) is 0 Å². The van der Waals surface area contributed by atoms with E-state index in [1.54, 1.807) is 12.3 Å². The van der Waals surface area contributed by atoms with Crippen molar-refractivity contribution in [3.05, 3.63) is 40.5 Å². The number of carbonyl (C=O) groups excluding carboxylic acids is 1. The van der Waals surface area contributed by atoms with Gasteiger partial charge in [-0.3, -0.25) is 0 Å². The first-order chi connectivity index (χ1) is 12.9. The second kappa shape index (κ2) is 6.87. The fourth-order valence-electron chi connectivity index (χ4n) is 3.90.